The fourth-order valence-corrected chi connectivity index (χ4v) is 5.12. The number of ether oxygens (including phenoxy) is 2. The Kier molecular flexibility index (Phi) is 8.06. The second-order valence-corrected chi connectivity index (χ2v) is 9.58. The maximum Gasteiger partial charge on any atom is 0.350 e. The minimum Gasteiger partial charge on any atom is -0.507 e. The number of ketones is 1. The van der Waals surface area contributed by atoms with Crippen molar-refractivity contribution in [2.24, 2.45) is 0 Å². The number of aliphatic hydroxyl groups excluding tert-OH is 1. The van der Waals surface area contributed by atoms with Crippen LogP contribution in [0.3, 0.4) is 0 Å². The monoisotopic (exact) mass is 548 g/mol. The Morgan fingerprint density at radius 2 is 1.82 bits per heavy atom. The van der Waals surface area contributed by atoms with Crippen molar-refractivity contribution in [3.63, 3.8) is 0 Å². The van der Waals surface area contributed by atoms with Gasteiger partial charge in [-0.15, -0.1) is 0 Å². The van der Waals surface area contributed by atoms with Crippen molar-refractivity contribution in [3.8, 4) is 5.75 Å². The van der Waals surface area contributed by atoms with E-state index in [0.717, 1.165) is 16.2 Å². The molecule has 1 fully saturated rings. The average molecular weight is 549 g/mol. The highest BCUT2D eigenvalue weighted by molar-refractivity contribution is 7.17. The second-order valence-electron chi connectivity index (χ2n) is 8.60. The van der Waals surface area contributed by atoms with E-state index >= 15 is 0 Å². The molecule has 1 atom stereocenters. The van der Waals surface area contributed by atoms with Gasteiger partial charge in [0.25, 0.3) is 5.78 Å². The van der Waals surface area contributed by atoms with Crippen LogP contribution in [-0.4, -0.2) is 41.0 Å². The number of carbonyl (C=O) groups is 3. The molecule has 10 heteroatoms. The Bertz CT molecular complexity index is 1510. The number of aromatic nitrogens is 1. The van der Waals surface area contributed by atoms with E-state index in [9.17, 15) is 23.9 Å². The summed E-state index contributed by atoms with van der Waals surface area (Å²) in [7, 11) is 0. The Labute approximate surface area is 228 Å². The quantitative estimate of drug-likeness (QED) is 0.125. The highest BCUT2D eigenvalue weighted by Crippen LogP contribution is 2.44. The van der Waals surface area contributed by atoms with E-state index in [1.165, 1.54) is 30.3 Å². The van der Waals surface area contributed by atoms with Crippen molar-refractivity contribution in [1.82, 2.24) is 4.98 Å². The minimum absolute atomic E-state index is 0.0115. The standard InChI is InChI=1S/C29H25FN2O6S/c1-5-13-37-21-12-9-19(15-16(21)3)24(33)22-23(18-7-10-20(30)11-8-18)32(27(35)25(22)34)29-31-17(4)26(39-29)28(36)38-14-6-2/h5-12,15,23,33H,1-2,13-14H2,3-4H3/t23-/m1/s1. The zero-order chi connectivity index (χ0) is 28.3. The Morgan fingerprint density at radius 3 is 2.46 bits per heavy atom. The third-order valence-electron chi connectivity index (χ3n) is 5.94. The average Bonchev–Trinajstić information content (AvgIpc) is 3.43. The zero-order valence-electron chi connectivity index (χ0n) is 21.3. The molecule has 200 valence electrons. The zero-order valence-corrected chi connectivity index (χ0v) is 22.1. The lowest BCUT2D eigenvalue weighted by Crippen LogP contribution is -2.29. The van der Waals surface area contributed by atoms with Gasteiger partial charge in [-0.3, -0.25) is 14.5 Å². The van der Waals surface area contributed by atoms with E-state index in [-0.39, 0.29) is 34.4 Å². The molecule has 3 aromatic rings. The first-order chi connectivity index (χ1) is 18.7. The second kappa shape index (κ2) is 11.4. The molecule has 8 nitrogen and oxygen atoms in total. The predicted molar refractivity (Wildman–Crippen MR) is 145 cm³/mol. The molecule has 1 saturated heterocycles. The molecular weight excluding hydrogens is 523 g/mol. The van der Waals surface area contributed by atoms with Crippen LogP contribution >= 0.6 is 11.3 Å². The lowest BCUT2D eigenvalue weighted by molar-refractivity contribution is -0.132. The van der Waals surface area contributed by atoms with Gasteiger partial charge >= 0.3 is 11.9 Å². The molecule has 0 radical (unpaired) electrons. The van der Waals surface area contributed by atoms with Gasteiger partial charge in [0.2, 0.25) is 0 Å². The first-order valence-corrected chi connectivity index (χ1v) is 12.7. The van der Waals surface area contributed by atoms with Gasteiger partial charge in [0.1, 0.15) is 35.4 Å². The van der Waals surface area contributed by atoms with Gasteiger partial charge in [-0.2, -0.15) is 0 Å². The van der Waals surface area contributed by atoms with Gasteiger partial charge in [0, 0.05) is 5.56 Å². The van der Waals surface area contributed by atoms with Crippen LogP contribution in [0.2, 0.25) is 0 Å². The number of esters is 1. The number of Topliss-reactive ketones (excluding diaryl/α,β-unsaturated/α-hetero) is 1. The van der Waals surface area contributed by atoms with Crippen LogP contribution < -0.4 is 9.64 Å². The van der Waals surface area contributed by atoms with Crippen LogP contribution in [0.1, 0.15) is 38.1 Å². The van der Waals surface area contributed by atoms with Crippen LogP contribution in [0.15, 0.2) is 73.3 Å². The molecule has 1 aromatic heterocycles. The number of hydrogen-bond acceptors (Lipinski definition) is 8. The highest BCUT2D eigenvalue weighted by Gasteiger charge is 2.48. The van der Waals surface area contributed by atoms with E-state index in [1.807, 2.05) is 0 Å². The summed E-state index contributed by atoms with van der Waals surface area (Å²) >= 11 is 0.874. The van der Waals surface area contributed by atoms with Gasteiger partial charge in [0.15, 0.2) is 5.13 Å². The number of rotatable bonds is 9. The molecule has 0 spiro atoms. The molecule has 0 saturated carbocycles. The number of aliphatic hydroxyl groups is 1. The molecule has 39 heavy (non-hydrogen) atoms. The number of amides is 1. The summed E-state index contributed by atoms with van der Waals surface area (Å²) in [6.07, 6.45) is 3.02. The molecule has 0 bridgehead atoms. The Morgan fingerprint density at radius 1 is 1.13 bits per heavy atom. The molecule has 0 unspecified atom stereocenters. The molecule has 1 aliphatic rings. The largest absolute Gasteiger partial charge is 0.507 e. The number of aryl methyl sites for hydroxylation is 2. The third-order valence-corrected chi connectivity index (χ3v) is 7.08. The summed E-state index contributed by atoms with van der Waals surface area (Å²) in [4.78, 5) is 44.9. The molecule has 2 heterocycles. The first kappa shape index (κ1) is 27.5. The van der Waals surface area contributed by atoms with E-state index in [4.69, 9.17) is 9.47 Å². The maximum absolute atomic E-state index is 13.8. The van der Waals surface area contributed by atoms with Gasteiger partial charge in [0.05, 0.1) is 17.3 Å². The number of anilines is 1. The van der Waals surface area contributed by atoms with Crippen LogP contribution in [0.25, 0.3) is 5.76 Å². The maximum atomic E-state index is 13.8. The summed E-state index contributed by atoms with van der Waals surface area (Å²) in [5, 5.41) is 11.4. The summed E-state index contributed by atoms with van der Waals surface area (Å²) < 4.78 is 24.5. The van der Waals surface area contributed by atoms with Gasteiger partial charge in [-0.25, -0.2) is 14.2 Å². The molecule has 1 aliphatic heterocycles. The summed E-state index contributed by atoms with van der Waals surface area (Å²) in [6.45, 7) is 10.8. The van der Waals surface area contributed by atoms with Crippen LogP contribution in [0.4, 0.5) is 9.52 Å². The van der Waals surface area contributed by atoms with Gasteiger partial charge in [-0.05, 0) is 55.3 Å². The molecule has 4 rings (SSSR count). The highest BCUT2D eigenvalue weighted by atomic mass is 32.1. The van der Waals surface area contributed by atoms with Crippen molar-refractivity contribution in [2.75, 3.05) is 18.1 Å². The van der Waals surface area contributed by atoms with Crippen molar-refractivity contribution in [1.29, 1.82) is 0 Å². The molecule has 1 N–H and O–H groups in total. The summed E-state index contributed by atoms with van der Waals surface area (Å²) in [5.74, 6) is -2.92. The number of hydrogen-bond donors (Lipinski definition) is 1. The Hall–Kier alpha value is -4.57. The fraction of sp³-hybridized carbons (Fsp3) is 0.172. The molecule has 1 amide bonds. The van der Waals surface area contributed by atoms with Gasteiger partial charge < -0.3 is 14.6 Å². The van der Waals surface area contributed by atoms with Crippen molar-refractivity contribution in [2.45, 2.75) is 19.9 Å². The number of thiazole rings is 1. The number of benzene rings is 2. The number of carbonyl (C=O) groups excluding carboxylic acids is 3. The molecule has 0 aliphatic carbocycles. The lowest BCUT2D eigenvalue weighted by atomic mass is 9.95. The van der Waals surface area contributed by atoms with E-state index < -0.39 is 35.3 Å². The first-order valence-electron chi connectivity index (χ1n) is 11.8. The smallest absolute Gasteiger partial charge is 0.350 e. The van der Waals surface area contributed by atoms with E-state index in [2.05, 4.69) is 18.1 Å². The Balaban J connectivity index is 1.85. The molecular formula is C29H25FN2O6S. The van der Waals surface area contributed by atoms with Gasteiger partial charge in [-0.1, -0.05) is 48.8 Å². The van der Waals surface area contributed by atoms with E-state index in [0.29, 0.717) is 22.6 Å². The minimum atomic E-state index is -1.13. The van der Waals surface area contributed by atoms with Crippen molar-refractivity contribution >= 4 is 39.9 Å². The fourth-order valence-electron chi connectivity index (χ4n) is 4.13. The van der Waals surface area contributed by atoms with Crippen molar-refractivity contribution < 1.29 is 33.4 Å². The third kappa shape index (κ3) is 5.37. The number of halogens is 1. The van der Waals surface area contributed by atoms with Crippen LogP contribution in [-0.2, 0) is 14.3 Å². The summed E-state index contributed by atoms with van der Waals surface area (Å²) in [5.41, 5.74) is 1.44. The van der Waals surface area contributed by atoms with Crippen LogP contribution in [0, 0.1) is 19.7 Å². The van der Waals surface area contributed by atoms with E-state index in [1.54, 1.807) is 38.1 Å². The SMILES string of the molecule is C=CCOC(=O)c1sc(N2C(=O)C(=O)C(=C(O)c3ccc(OCC=C)c(C)c3)[C@H]2c2ccc(F)cc2)nc1C. The number of nitrogens with zero attached hydrogens (tertiary/aromatic N) is 2. The predicted octanol–water partition coefficient (Wildman–Crippen LogP) is 5.43. The molecule has 2 aromatic carbocycles. The van der Waals surface area contributed by atoms with Crippen molar-refractivity contribution in [3.05, 3.63) is 106 Å². The normalized spacial score (nSPS) is 16.3. The topological polar surface area (TPSA) is 106 Å². The van der Waals surface area contributed by atoms with Crippen LogP contribution in [0.5, 0.6) is 5.75 Å². The lowest BCUT2D eigenvalue weighted by Gasteiger charge is -2.23. The summed E-state index contributed by atoms with van der Waals surface area (Å²) in [6, 6.07) is 8.92.